The highest BCUT2D eigenvalue weighted by atomic mass is 16.7. The Kier molecular flexibility index (Phi) is 39.6. The Morgan fingerprint density at radius 3 is 1.55 bits per heavy atom. The number of aliphatic hydroxyl groups excluding tert-OH is 5. The van der Waals surface area contributed by atoms with Gasteiger partial charge in [0.2, 0.25) is 5.91 Å². The lowest BCUT2D eigenvalue weighted by Crippen LogP contribution is -2.60. The minimum atomic E-state index is -1.58. The number of unbranched alkanes of at least 4 members (excludes halogenated alkanes) is 21. The first-order valence-electron chi connectivity index (χ1n) is 25.2. The molecule has 6 N–H and O–H groups in total. The van der Waals surface area contributed by atoms with Crippen molar-refractivity contribution in [3.05, 3.63) is 72.9 Å². The minimum Gasteiger partial charge on any atom is -0.394 e. The summed E-state index contributed by atoms with van der Waals surface area (Å²) in [5.74, 6) is -0.198. The Morgan fingerprint density at radius 2 is 1.02 bits per heavy atom. The van der Waals surface area contributed by atoms with Gasteiger partial charge in [0.05, 0.1) is 25.4 Å². The molecule has 1 saturated heterocycles. The van der Waals surface area contributed by atoms with Gasteiger partial charge in [-0.15, -0.1) is 0 Å². The second kappa shape index (κ2) is 42.6. The summed E-state index contributed by atoms with van der Waals surface area (Å²) < 4.78 is 11.2. The number of ether oxygens (including phenoxy) is 2. The Balaban J connectivity index is 2.34. The number of aliphatic hydroxyl groups is 5. The number of amides is 1. The monoisotopic (exact) mass is 872 g/mol. The van der Waals surface area contributed by atoms with Crippen LogP contribution in [-0.4, -0.2) is 87.5 Å². The van der Waals surface area contributed by atoms with Gasteiger partial charge < -0.3 is 40.3 Å². The SMILES string of the molecule is CC/C=C\C/C=C\C/C=C\C/C=C\CCCCCCCCCCC(=O)NC(COC1OC(CO)C(O)C(O)C1O)C(O)/C=C/CC/C=C/CCCCCCCCCCCCCC. The third kappa shape index (κ3) is 32.3. The highest BCUT2D eigenvalue weighted by molar-refractivity contribution is 5.76. The summed E-state index contributed by atoms with van der Waals surface area (Å²) in [5, 5.41) is 54.3. The van der Waals surface area contributed by atoms with Crippen molar-refractivity contribution in [3.8, 4) is 0 Å². The zero-order valence-corrected chi connectivity index (χ0v) is 39.4. The number of allylic oxidation sites excluding steroid dienone is 11. The van der Waals surface area contributed by atoms with Crippen molar-refractivity contribution in [3.63, 3.8) is 0 Å². The average Bonchev–Trinajstić information content (AvgIpc) is 3.27. The number of hydrogen-bond acceptors (Lipinski definition) is 8. The lowest BCUT2D eigenvalue weighted by molar-refractivity contribution is -0.302. The van der Waals surface area contributed by atoms with Crippen molar-refractivity contribution in [1.29, 1.82) is 0 Å². The van der Waals surface area contributed by atoms with Gasteiger partial charge in [0.25, 0.3) is 0 Å². The summed E-state index contributed by atoms with van der Waals surface area (Å²) in [6.45, 7) is 3.64. The number of rotatable bonds is 41. The van der Waals surface area contributed by atoms with Crippen LogP contribution in [-0.2, 0) is 14.3 Å². The van der Waals surface area contributed by atoms with Crippen LogP contribution in [0.5, 0.6) is 0 Å². The largest absolute Gasteiger partial charge is 0.394 e. The van der Waals surface area contributed by atoms with Gasteiger partial charge in [0, 0.05) is 6.42 Å². The van der Waals surface area contributed by atoms with Crippen LogP contribution < -0.4 is 5.32 Å². The standard InChI is InChI=1S/C53H93NO8/c1-3-5-7-9-11-13-15-17-19-21-23-24-25-27-29-31-33-35-37-39-41-43-49(57)54-46(45-61-53-52(60)51(59)50(58)48(44-55)62-53)47(56)42-40-38-36-34-32-30-28-26-22-20-18-16-14-12-10-8-6-4-2/h5,7,11,13,17,19,23-24,32,34,40,42,46-48,50-53,55-56,58-60H,3-4,6,8-10,12,14-16,18,20-22,25-31,33,35-39,41,43-45H2,1-2H3,(H,54,57)/b7-5-,13-11-,19-17-,24-23-,34-32+,42-40+. The zero-order valence-electron chi connectivity index (χ0n) is 39.4. The molecule has 0 radical (unpaired) electrons. The van der Waals surface area contributed by atoms with Gasteiger partial charge in [-0.25, -0.2) is 0 Å². The molecule has 358 valence electrons. The van der Waals surface area contributed by atoms with Gasteiger partial charge in [0.15, 0.2) is 6.29 Å². The highest BCUT2D eigenvalue weighted by Crippen LogP contribution is 2.22. The molecule has 0 aromatic carbocycles. The normalized spacial score (nSPS) is 20.9. The summed E-state index contributed by atoms with van der Waals surface area (Å²) in [6.07, 6.45) is 50.9. The lowest BCUT2D eigenvalue weighted by Gasteiger charge is -2.40. The molecule has 7 atom stereocenters. The van der Waals surface area contributed by atoms with E-state index in [1.165, 1.54) is 103 Å². The molecule has 1 amide bonds. The minimum absolute atomic E-state index is 0.198. The van der Waals surface area contributed by atoms with Crippen molar-refractivity contribution < 1.29 is 39.8 Å². The van der Waals surface area contributed by atoms with E-state index in [0.717, 1.165) is 77.0 Å². The van der Waals surface area contributed by atoms with Gasteiger partial charge in [-0.3, -0.25) is 4.79 Å². The highest BCUT2D eigenvalue weighted by Gasteiger charge is 2.44. The van der Waals surface area contributed by atoms with E-state index in [0.29, 0.717) is 6.42 Å². The summed E-state index contributed by atoms with van der Waals surface area (Å²) in [7, 11) is 0. The molecule has 9 nitrogen and oxygen atoms in total. The Bertz CT molecular complexity index is 1200. The third-order valence-corrected chi connectivity index (χ3v) is 11.5. The van der Waals surface area contributed by atoms with Gasteiger partial charge in [-0.2, -0.15) is 0 Å². The van der Waals surface area contributed by atoms with Crippen LogP contribution in [0.25, 0.3) is 0 Å². The van der Waals surface area contributed by atoms with E-state index >= 15 is 0 Å². The van der Waals surface area contributed by atoms with Gasteiger partial charge in [-0.1, -0.05) is 196 Å². The van der Waals surface area contributed by atoms with E-state index in [1.807, 2.05) is 6.08 Å². The Morgan fingerprint density at radius 1 is 0.565 bits per heavy atom. The maximum Gasteiger partial charge on any atom is 0.220 e. The van der Waals surface area contributed by atoms with Gasteiger partial charge >= 0.3 is 0 Å². The predicted molar refractivity (Wildman–Crippen MR) is 258 cm³/mol. The van der Waals surface area contributed by atoms with E-state index < -0.39 is 49.5 Å². The smallest absolute Gasteiger partial charge is 0.220 e. The Hall–Kier alpha value is -2.37. The lowest BCUT2D eigenvalue weighted by atomic mass is 9.99. The summed E-state index contributed by atoms with van der Waals surface area (Å²) in [5.41, 5.74) is 0. The molecule has 0 bridgehead atoms. The first-order chi connectivity index (χ1) is 30.3. The molecule has 1 aliphatic rings. The molecule has 0 aromatic heterocycles. The molecule has 0 spiro atoms. The van der Waals surface area contributed by atoms with Gasteiger partial charge in [0.1, 0.15) is 24.4 Å². The van der Waals surface area contributed by atoms with Crippen LogP contribution in [0.3, 0.4) is 0 Å². The fourth-order valence-electron chi connectivity index (χ4n) is 7.52. The van der Waals surface area contributed by atoms with Crippen molar-refractivity contribution in [1.82, 2.24) is 5.32 Å². The molecule has 1 fully saturated rings. The molecule has 0 saturated carbocycles. The maximum atomic E-state index is 13.0. The fraction of sp³-hybridized carbons (Fsp3) is 0.755. The molecule has 9 heteroatoms. The topological polar surface area (TPSA) is 149 Å². The van der Waals surface area contributed by atoms with Crippen LogP contribution >= 0.6 is 0 Å². The molecule has 0 aromatic rings. The first kappa shape index (κ1) is 57.6. The van der Waals surface area contributed by atoms with E-state index in [1.54, 1.807) is 6.08 Å². The van der Waals surface area contributed by atoms with Crippen molar-refractivity contribution in [2.45, 2.75) is 243 Å². The molecule has 1 aliphatic heterocycles. The van der Waals surface area contributed by atoms with Crippen LogP contribution in [0.1, 0.15) is 200 Å². The van der Waals surface area contributed by atoms with Crippen molar-refractivity contribution in [2.75, 3.05) is 13.2 Å². The number of hydrogen-bond donors (Lipinski definition) is 6. The number of carbonyl (C=O) groups is 1. The number of nitrogens with one attached hydrogen (secondary N) is 1. The molecule has 62 heavy (non-hydrogen) atoms. The fourth-order valence-corrected chi connectivity index (χ4v) is 7.52. The Labute approximate surface area is 378 Å². The molecule has 0 aliphatic carbocycles. The van der Waals surface area contributed by atoms with E-state index in [4.69, 9.17) is 9.47 Å². The van der Waals surface area contributed by atoms with Crippen molar-refractivity contribution in [2.24, 2.45) is 0 Å². The van der Waals surface area contributed by atoms with Crippen LogP contribution in [0.15, 0.2) is 72.9 Å². The van der Waals surface area contributed by atoms with Crippen LogP contribution in [0.4, 0.5) is 0 Å². The zero-order chi connectivity index (χ0) is 45.1. The van der Waals surface area contributed by atoms with Crippen LogP contribution in [0, 0.1) is 0 Å². The maximum absolute atomic E-state index is 13.0. The molecular weight excluding hydrogens is 779 g/mol. The average molecular weight is 872 g/mol. The second-order valence-corrected chi connectivity index (χ2v) is 17.2. The van der Waals surface area contributed by atoms with E-state index in [-0.39, 0.29) is 12.5 Å². The molecule has 1 heterocycles. The number of carbonyl (C=O) groups excluding carboxylic acids is 1. The third-order valence-electron chi connectivity index (χ3n) is 11.5. The molecule has 7 unspecified atom stereocenters. The van der Waals surface area contributed by atoms with Crippen molar-refractivity contribution >= 4 is 5.91 Å². The summed E-state index contributed by atoms with van der Waals surface area (Å²) in [6, 6.07) is -0.830. The summed E-state index contributed by atoms with van der Waals surface area (Å²) in [4.78, 5) is 13.0. The van der Waals surface area contributed by atoms with Crippen LogP contribution in [0.2, 0.25) is 0 Å². The first-order valence-corrected chi connectivity index (χ1v) is 25.2. The molecule has 1 rings (SSSR count). The predicted octanol–water partition coefficient (Wildman–Crippen LogP) is 11.3. The summed E-state index contributed by atoms with van der Waals surface area (Å²) >= 11 is 0. The second-order valence-electron chi connectivity index (χ2n) is 17.2. The van der Waals surface area contributed by atoms with Gasteiger partial charge in [-0.05, 0) is 70.6 Å². The van der Waals surface area contributed by atoms with E-state index in [2.05, 4.69) is 79.9 Å². The van der Waals surface area contributed by atoms with E-state index in [9.17, 15) is 30.3 Å². The molecular formula is C53H93NO8. The quantitative estimate of drug-likeness (QED) is 0.0263.